The van der Waals surface area contributed by atoms with Gasteiger partial charge in [0.25, 0.3) is 0 Å². The van der Waals surface area contributed by atoms with Crippen LogP contribution in [0, 0.1) is 0 Å². The predicted molar refractivity (Wildman–Crippen MR) is 103 cm³/mol. The fourth-order valence-corrected chi connectivity index (χ4v) is 3.63. The molecule has 5 nitrogen and oxygen atoms in total. The fraction of sp³-hybridized carbons (Fsp3) is 0.158. The van der Waals surface area contributed by atoms with Crippen LogP contribution in [0.5, 0.6) is 0 Å². The lowest BCUT2D eigenvalue weighted by Crippen LogP contribution is -2.41. The Bertz CT molecular complexity index is 924. The van der Waals surface area contributed by atoms with E-state index in [2.05, 4.69) is 10.6 Å². The minimum absolute atomic E-state index is 0.0338. The van der Waals surface area contributed by atoms with Crippen molar-refractivity contribution in [3.63, 3.8) is 0 Å². The normalized spacial score (nSPS) is 11.9. The van der Waals surface area contributed by atoms with Crippen LogP contribution in [0.4, 0.5) is 0 Å². The lowest BCUT2D eigenvalue weighted by molar-refractivity contribution is -0.139. The molecule has 134 valence electrons. The van der Waals surface area contributed by atoms with Crippen molar-refractivity contribution in [3.05, 3.63) is 70.1 Å². The molecule has 1 heterocycles. The molecule has 3 aromatic rings. The molecule has 2 aromatic carbocycles. The van der Waals surface area contributed by atoms with Gasteiger partial charge in [-0.2, -0.15) is 0 Å². The van der Waals surface area contributed by atoms with Gasteiger partial charge >= 0.3 is 11.8 Å². The maximum absolute atomic E-state index is 11.9. The van der Waals surface area contributed by atoms with Gasteiger partial charge in [-0.05, 0) is 34.5 Å². The molecule has 0 radical (unpaired) electrons. The summed E-state index contributed by atoms with van der Waals surface area (Å²) in [5.41, 5.74) is 1.58. The van der Waals surface area contributed by atoms with Crippen LogP contribution >= 0.6 is 22.9 Å². The molecule has 0 saturated heterocycles. The molecule has 1 atom stereocenters. The van der Waals surface area contributed by atoms with Gasteiger partial charge < -0.3 is 15.7 Å². The average Bonchev–Trinajstić information content (AvgIpc) is 3.09. The highest BCUT2D eigenvalue weighted by Gasteiger charge is 2.17. The number of benzene rings is 2. The molecule has 1 aromatic heterocycles. The summed E-state index contributed by atoms with van der Waals surface area (Å²) in [6.07, 6.45) is -0.876. The molecule has 0 aliphatic heterocycles. The topological polar surface area (TPSA) is 78.4 Å². The number of amides is 2. The van der Waals surface area contributed by atoms with E-state index in [9.17, 15) is 14.7 Å². The van der Waals surface area contributed by atoms with Crippen molar-refractivity contribution >= 4 is 44.8 Å². The van der Waals surface area contributed by atoms with E-state index in [4.69, 9.17) is 11.6 Å². The number of nitrogens with one attached hydrogen (secondary N) is 2. The molecule has 0 aliphatic rings. The van der Waals surface area contributed by atoms with Gasteiger partial charge in [-0.1, -0.05) is 41.9 Å². The number of aliphatic hydroxyl groups is 1. The molecular weight excluding hydrogens is 372 g/mol. The van der Waals surface area contributed by atoms with Crippen LogP contribution in [-0.4, -0.2) is 23.5 Å². The van der Waals surface area contributed by atoms with Crippen molar-refractivity contribution in [3.8, 4) is 0 Å². The van der Waals surface area contributed by atoms with Gasteiger partial charge in [-0.15, -0.1) is 11.3 Å². The van der Waals surface area contributed by atoms with Gasteiger partial charge in [0.15, 0.2) is 0 Å². The van der Waals surface area contributed by atoms with Crippen molar-refractivity contribution < 1.29 is 14.7 Å². The van der Waals surface area contributed by atoms with Crippen LogP contribution in [0.3, 0.4) is 0 Å². The number of thiophene rings is 1. The maximum Gasteiger partial charge on any atom is 0.309 e. The number of fused-ring (bicyclic) bond motifs is 1. The van der Waals surface area contributed by atoms with Crippen molar-refractivity contribution in [1.82, 2.24) is 10.6 Å². The van der Waals surface area contributed by atoms with E-state index >= 15 is 0 Å². The summed E-state index contributed by atoms with van der Waals surface area (Å²) in [5, 5.41) is 18.7. The lowest BCUT2D eigenvalue weighted by atomic mass is 10.1. The van der Waals surface area contributed by atoms with Gasteiger partial charge in [0, 0.05) is 28.4 Å². The van der Waals surface area contributed by atoms with E-state index in [1.165, 1.54) is 11.3 Å². The number of carbonyl (C=O) groups excluding carboxylic acids is 2. The second kappa shape index (κ2) is 8.31. The summed E-state index contributed by atoms with van der Waals surface area (Å²) >= 11 is 7.33. The van der Waals surface area contributed by atoms with Gasteiger partial charge in [0.2, 0.25) is 0 Å². The van der Waals surface area contributed by atoms with E-state index < -0.39 is 17.9 Å². The third kappa shape index (κ3) is 4.40. The van der Waals surface area contributed by atoms with Crippen LogP contribution in [-0.2, 0) is 16.1 Å². The first kappa shape index (κ1) is 18.4. The van der Waals surface area contributed by atoms with Crippen molar-refractivity contribution in [2.24, 2.45) is 0 Å². The molecule has 0 aliphatic carbocycles. The second-order valence-electron chi connectivity index (χ2n) is 5.72. The zero-order valence-corrected chi connectivity index (χ0v) is 15.3. The third-order valence-corrected chi connectivity index (χ3v) is 5.13. The van der Waals surface area contributed by atoms with E-state index in [0.29, 0.717) is 5.02 Å². The Morgan fingerprint density at radius 3 is 2.50 bits per heavy atom. The molecule has 26 heavy (non-hydrogen) atoms. The second-order valence-corrected chi connectivity index (χ2v) is 7.07. The molecular formula is C19H17ClN2O3S. The quantitative estimate of drug-likeness (QED) is 0.588. The van der Waals surface area contributed by atoms with Gasteiger partial charge in [-0.25, -0.2) is 0 Å². The summed E-state index contributed by atoms with van der Waals surface area (Å²) < 4.78 is 1.06. The lowest BCUT2D eigenvalue weighted by Gasteiger charge is -2.11. The molecule has 3 N–H and O–H groups in total. The fourth-order valence-electron chi connectivity index (χ4n) is 2.50. The minimum Gasteiger partial charge on any atom is -0.387 e. The number of carbonyl (C=O) groups is 2. The van der Waals surface area contributed by atoms with E-state index in [1.807, 2.05) is 29.6 Å². The highest BCUT2D eigenvalue weighted by atomic mass is 35.5. The van der Waals surface area contributed by atoms with Crippen LogP contribution in [0.15, 0.2) is 53.9 Å². The summed E-state index contributed by atoms with van der Waals surface area (Å²) in [5.74, 6) is -1.53. The summed E-state index contributed by atoms with van der Waals surface area (Å²) in [6, 6.07) is 14.7. The molecule has 0 saturated carbocycles. The van der Waals surface area contributed by atoms with Crippen LogP contribution in [0.2, 0.25) is 5.02 Å². The van der Waals surface area contributed by atoms with Crippen LogP contribution in [0.25, 0.3) is 10.1 Å². The van der Waals surface area contributed by atoms with Crippen LogP contribution in [0.1, 0.15) is 17.2 Å². The summed E-state index contributed by atoms with van der Waals surface area (Å²) in [7, 11) is 0. The van der Waals surface area contributed by atoms with Crippen molar-refractivity contribution in [1.29, 1.82) is 0 Å². The highest BCUT2D eigenvalue weighted by Crippen LogP contribution is 2.29. The Morgan fingerprint density at radius 2 is 1.73 bits per heavy atom. The molecule has 3 rings (SSSR count). The molecule has 2 amide bonds. The number of hydrogen-bond donors (Lipinski definition) is 3. The van der Waals surface area contributed by atoms with Gasteiger partial charge in [0.05, 0.1) is 6.10 Å². The number of aliphatic hydroxyl groups excluding tert-OH is 1. The average molecular weight is 389 g/mol. The summed E-state index contributed by atoms with van der Waals surface area (Å²) in [4.78, 5) is 23.8. The Morgan fingerprint density at radius 1 is 1.04 bits per heavy atom. The van der Waals surface area contributed by atoms with E-state index in [1.54, 1.807) is 24.3 Å². The van der Waals surface area contributed by atoms with Crippen LogP contribution < -0.4 is 10.6 Å². The Labute approximate surface area is 159 Å². The largest absolute Gasteiger partial charge is 0.387 e. The Hall–Kier alpha value is -2.41. The van der Waals surface area contributed by atoms with Gasteiger partial charge in [0.1, 0.15) is 0 Å². The van der Waals surface area contributed by atoms with E-state index in [0.717, 1.165) is 21.2 Å². The standard InChI is InChI=1S/C19H17ClN2O3S/c20-13-7-5-12(6-8-13)9-21-18(24)19(25)22-10-16(23)15-11-26-17-4-2-1-3-14(15)17/h1-8,11,16,23H,9-10H2,(H,21,24)(H,22,25). The smallest absolute Gasteiger partial charge is 0.309 e. The maximum atomic E-state index is 11.9. The molecule has 0 fully saturated rings. The zero-order valence-electron chi connectivity index (χ0n) is 13.7. The first-order valence-electron chi connectivity index (χ1n) is 7.99. The Balaban J connectivity index is 1.51. The molecule has 1 unspecified atom stereocenters. The van der Waals surface area contributed by atoms with Gasteiger partial charge in [-0.3, -0.25) is 9.59 Å². The molecule has 0 bridgehead atoms. The van der Waals surface area contributed by atoms with Crippen molar-refractivity contribution in [2.75, 3.05) is 6.54 Å². The Kier molecular flexibility index (Phi) is 5.88. The highest BCUT2D eigenvalue weighted by molar-refractivity contribution is 7.17. The molecule has 7 heteroatoms. The molecule has 0 spiro atoms. The SMILES string of the molecule is O=C(NCc1ccc(Cl)cc1)C(=O)NCC(O)c1csc2ccccc12. The summed E-state index contributed by atoms with van der Waals surface area (Å²) in [6.45, 7) is 0.190. The first-order chi connectivity index (χ1) is 12.5. The third-order valence-electron chi connectivity index (χ3n) is 3.90. The minimum atomic E-state index is -0.876. The number of hydrogen-bond acceptors (Lipinski definition) is 4. The van der Waals surface area contributed by atoms with Crippen molar-refractivity contribution in [2.45, 2.75) is 12.6 Å². The zero-order chi connectivity index (χ0) is 18.5. The van der Waals surface area contributed by atoms with E-state index in [-0.39, 0.29) is 13.1 Å². The number of rotatable bonds is 5. The first-order valence-corrected chi connectivity index (χ1v) is 9.25. The predicted octanol–water partition coefficient (Wildman–Crippen LogP) is 3.02. The number of halogens is 1. The monoisotopic (exact) mass is 388 g/mol.